The van der Waals surface area contributed by atoms with Crippen LogP contribution >= 0.6 is 0 Å². The second-order valence-corrected chi connectivity index (χ2v) is 5.86. The van der Waals surface area contributed by atoms with Gasteiger partial charge in [0.05, 0.1) is 0 Å². The summed E-state index contributed by atoms with van der Waals surface area (Å²) in [6, 6.07) is 14.4. The maximum atomic E-state index is 12.3. The van der Waals surface area contributed by atoms with Crippen LogP contribution in [0, 0.1) is 6.92 Å². The highest BCUT2D eigenvalue weighted by Crippen LogP contribution is 2.30. The van der Waals surface area contributed by atoms with Crippen LogP contribution in [0.25, 0.3) is 11.0 Å². The minimum absolute atomic E-state index is 0.0579. The summed E-state index contributed by atoms with van der Waals surface area (Å²) in [5, 5.41) is 0.851. The van der Waals surface area contributed by atoms with Crippen LogP contribution in [0.4, 0.5) is 0 Å². The zero-order chi connectivity index (χ0) is 18.1. The molecule has 2 amide bonds. The van der Waals surface area contributed by atoms with Gasteiger partial charge in [0.25, 0.3) is 5.91 Å². The van der Waals surface area contributed by atoms with Crippen molar-refractivity contribution in [3.05, 3.63) is 59.9 Å². The average Bonchev–Trinajstić information content (AvgIpc) is 3.02. The van der Waals surface area contributed by atoms with Crippen LogP contribution in [0.5, 0.6) is 11.5 Å². The van der Waals surface area contributed by atoms with Gasteiger partial charge in [0, 0.05) is 10.9 Å². The summed E-state index contributed by atoms with van der Waals surface area (Å²) in [5.41, 5.74) is 6.02. The number of carbonyl (C=O) groups is 2. The lowest BCUT2D eigenvalue weighted by Gasteiger charge is -2.25. The number of benzene rings is 2. The molecule has 0 saturated carbocycles. The molecule has 1 atom stereocenters. The molecule has 132 valence electrons. The first kappa shape index (κ1) is 16.0. The highest BCUT2D eigenvalue weighted by molar-refractivity contribution is 5.99. The average molecular weight is 352 g/mol. The molecule has 0 bridgehead atoms. The molecule has 0 radical (unpaired) electrons. The molecule has 0 saturated heterocycles. The van der Waals surface area contributed by atoms with Crippen LogP contribution in [0.15, 0.2) is 52.9 Å². The molecule has 2 N–H and O–H groups in total. The lowest BCUT2D eigenvalue weighted by molar-refractivity contribution is -0.131. The van der Waals surface area contributed by atoms with E-state index in [0.29, 0.717) is 22.6 Å². The van der Waals surface area contributed by atoms with E-state index in [1.807, 2.05) is 24.3 Å². The molecule has 0 spiro atoms. The maximum absolute atomic E-state index is 12.3. The van der Waals surface area contributed by atoms with Gasteiger partial charge in [-0.05, 0) is 25.1 Å². The summed E-state index contributed by atoms with van der Waals surface area (Å²) in [7, 11) is 0. The standard InChI is InChI=1S/C19H16N2O5/c1-11-12-6-2-3-7-13(12)26-17(11)19(23)21-20-18(22)16-10-24-14-8-4-5-9-15(14)25-16/h2-9,16H,10H2,1H3,(H,20,22)(H,21,23)/t16-/m1/s1. The van der Waals surface area contributed by atoms with E-state index >= 15 is 0 Å². The number of aryl methyl sites for hydroxylation is 1. The van der Waals surface area contributed by atoms with E-state index in [0.717, 1.165) is 5.39 Å². The quantitative estimate of drug-likeness (QED) is 0.691. The van der Waals surface area contributed by atoms with Crippen molar-refractivity contribution in [3.63, 3.8) is 0 Å². The number of hydrogen-bond acceptors (Lipinski definition) is 5. The van der Waals surface area contributed by atoms with Gasteiger partial charge in [0.1, 0.15) is 12.2 Å². The van der Waals surface area contributed by atoms with Gasteiger partial charge in [0.2, 0.25) is 6.10 Å². The number of para-hydroxylation sites is 3. The van der Waals surface area contributed by atoms with E-state index in [9.17, 15) is 9.59 Å². The molecule has 1 aromatic heterocycles. The lowest BCUT2D eigenvalue weighted by Crippen LogP contribution is -2.50. The third-order valence-corrected chi connectivity index (χ3v) is 4.15. The van der Waals surface area contributed by atoms with Crippen LogP contribution in [0.1, 0.15) is 16.1 Å². The fraction of sp³-hybridized carbons (Fsp3) is 0.158. The van der Waals surface area contributed by atoms with Crippen LogP contribution in [0.3, 0.4) is 0 Å². The van der Waals surface area contributed by atoms with E-state index in [-0.39, 0.29) is 12.4 Å². The van der Waals surface area contributed by atoms with Gasteiger partial charge in [-0.2, -0.15) is 0 Å². The van der Waals surface area contributed by atoms with Crippen LogP contribution < -0.4 is 20.3 Å². The Bertz CT molecular complexity index is 995. The predicted octanol–water partition coefficient (Wildman–Crippen LogP) is 2.34. The van der Waals surface area contributed by atoms with Crippen molar-refractivity contribution in [2.45, 2.75) is 13.0 Å². The number of rotatable bonds is 2. The molecule has 4 rings (SSSR count). The maximum Gasteiger partial charge on any atom is 0.305 e. The van der Waals surface area contributed by atoms with E-state index in [1.165, 1.54) is 0 Å². The lowest BCUT2D eigenvalue weighted by atomic mass is 10.1. The third kappa shape index (κ3) is 2.83. The Hall–Kier alpha value is -3.48. The summed E-state index contributed by atoms with van der Waals surface area (Å²) in [6.07, 6.45) is -0.859. The van der Waals surface area contributed by atoms with Crippen molar-refractivity contribution in [1.82, 2.24) is 10.9 Å². The number of hydrogen-bond donors (Lipinski definition) is 2. The molecular formula is C19H16N2O5. The number of furan rings is 1. The molecule has 2 heterocycles. The number of hydrazine groups is 1. The number of carbonyl (C=O) groups excluding carboxylic acids is 2. The Morgan fingerprint density at radius 1 is 1.00 bits per heavy atom. The van der Waals surface area contributed by atoms with Crippen molar-refractivity contribution in [3.8, 4) is 11.5 Å². The first-order valence-electron chi connectivity index (χ1n) is 8.10. The normalized spacial score (nSPS) is 15.5. The Morgan fingerprint density at radius 2 is 1.73 bits per heavy atom. The van der Waals surface area contributed by atoms with Gasteiger partial charge in [0.15, 0.2) is 17.3 Å². The zero-order valence-electron chi connectivity index (χ0n) is 13.9. The van der Waals surface area contributed by atoms with Crippen molar-refractivity contribution in [1.29, 1.82) is 0 Å². The fourth-order valence-electron chi connectivity index (χ4n) is 2.80. The van der Waals surface area contributed by atoms with Gasteiger partial charge in [-0.25, -0.2) is 0 Å². The van der Waals surface area contributed by atoms with Crippen LogP contribution in [-0.4, -0.2) is 24.5 Å². The Kier molecular flexibility index (Phi) is 3.96. The van der Waals surface area contributed by atoms with Crippen LogP contribution in [-0.2, 0) is 4.79 Å². The first-order chi connectivity index (χ1) is 12.6. The molecule has 26 heavy (non-hydrogen) atoms. The topological polar surface area (TPSA) is 89.8 Å². The van der Waals surface area contributed by atoms with Crippen molar-refractivity contribution < 1.29 is 23.5 Å². The molecular weight excluding hydrogens is 336 g/mol. The molecule has 7 nitrogen and oxygen atoms in total. The van der Waals surface area contributed by atoms with Gasteiger partial charge in [-0.3, -0.25) is 20.4 Å². The summed E-state index contributed by atoms with van der Waals surface area (Å²) in [5.74, 6) is 0.167. The zero-order valence-corrected chi connectivity index (χ0v) is 13.9. The number of fused-ring (bicyclic) bond motifs is 2. The van der Waals surface area contributed by atoms with E-state index in [1.54, 1.807) is 31.2 Å². The molecule has 0 fully saturated rings. The van der Waals surface area contributed by atoms with Gasteiger partial charge < -0.3 is 13.9 Å². The third-order valence-electron chi connectivity index (χ3n) is 4.15. The van der Waals surface area contributed by atoms with Crippen molar-refractivity contribution >= 4 is 22.8 Å². The van der Waals surface area contributed by atoms with E-state index < -0.39 is 17.9 Å². The number of nitrogens with one attached hydrogen (secondary N) is 2. The van der Waals surface area contributed by atoms with Gasteiger partial charge in [-0.1, -0.05) is 30.3 Å². The van der Waals surface area contributed by atoms with Gasteiger partial charge in [-0.15, -0.1) is 0 Å². The van der Waals surface area contributed by atoms with E-state index in [2.05, 4.69) is 10.9 Å². The molecule has 1 aliphatic heterocycles. The molecule has 7 heteroatoms. The minimum Gasteiger partial charge on any atom is -0.485 e. The Balaban J connectivity index is 1.41. The molecule has 0 aliphatic carbocycles. The summed E-state index contributed by atoms with van der Waals surface area (Å²) < 4.78 is 16.6. The SMILES string of the molecule is Cc1c(C(=O)NNC(=O)[C@H]2COc3ccccc3O2)oc2ccccc12. The van der Waals surface area contributed by atoms with Crippen LogP contribution in [0.2, 0.25) is 0 Å². The predicted molar refractivity (Wildman–Crippen MR) is 92.9 cm³/mol. The summed E-state index contributed by atoms with van der Waals surface area (Å²) in [4.78, 5) is 24.6. The van der Waals surface area contributed by atoms with E-state index in [4.69, 9.17) is 13.9 Å². The fourth-order valence-corrected chi connectivity index (χ4v) is 2.80. The van der Waals surface area contributed by atoms with Crippen molar-refractivity contribution in [2.75, 3.05) is 6.61 Å². The number of amides is 2. The Labute approximate surface area is 148 Å². The summed E-state index contributed by atoms with van der Waals surface area (Å²) in [6.45, 7) is 1.85. The second-order valence-electron chi connectivity index (χ2n) is 5.86. The highest BCUT2D eigenvalue weighted by atomic mass is 16.6. The monoisotopic (exact) mass is 352 g/mol. The largest absolute Gasteiger partial charge is 0.485 e. The first-order valence-corrected chi connectivity index (χ1v) is 8.10. The second kappa shape index (κ2) is 6.44. The van der Waals surface area contributed by atoms with Gasteiger partial charge >= 0.3 is 5.91 Å². The molecule has 3 aromatic rings. The smallest absolute Gasteiger partial charge is 0.305 e. The summed E-state index contributed by atoms with van der Waals surface area (Å²) >= 11 is 0. The molecule has 2 aromatic carbocycles. The number of ether oxygens (including phenoxy) is 2. The van der Waals surface area contributed by atoms with Crippen molar-refractivity contribution in [2.24, 2.45) is 0 Å². The minimum atomic E-state index is -0.859. The molecule has 1 aliphatic rings. The Morgan fingerprint density at radius 3 is 2.54 bits per heavy atom. The molecule has 0 unspecified atom stereocenters. The highest BCUT2D eigenvalue weighted by Gasteiger charge is 2.28.